The maximum Gasteiger partial charge on any atom is 0.588 e. The van der Waals surface area contributed by atoms with Crippen LogP contribution in [0.5, 0.6) is 0 Å². The zero-order chi connectivity index (χ0) is 17.7. The lowest BCUT2D eigenvalue weighted by Crippen LogP contribution is -2.50. The van der Waals surface area contributed by atoms with Gasteiger partial charge in [0.1, 0.15) is 6.67 Å². The highest BCUT2D eigenvalue weighted by Crippen LogP contribution is 2.33. The van der Waals surface area contributed by atoms with Crippen molar-refractivity contribution in [3.8, 4) is 0 Å². The fraction of sp³-hybridized carbons (Fsp3) is 0.571. The normalized spacial score (nSPS) is 17.8. The zero-order valence-electron chi connectivity index (χ0n) is 13.0. The molecule has 0 N–H and O–H groups in total. The predicted octanol–water partition coefficient (Wildman–Crippen LogP) is 4.34. The Morgan fingerprint density at radius 1 is 1.13 bits per heavy atom. The first-order valence-electron chi connectivity index (χ1n) is 6.91. The van der Waals surface area contributed by atoms with E-state index in [1.54, 1.807) is 6.07 Å². The minimum absolute atomic E-state index is 0.213. The predicted molar refractivity (Wildman–Crippen MR) is 75.8 cm³/mol. The Morgan fingerprint density at radius 2 is 1.70 bits per heavy atom. The molecule has 2 unspecified atom stereocenters. The molecule has 0 aliphatic rings. The zero-order valence-corrected chi connectivity index (χ0v) is 14.0. The second kappa shape index (κ2) is 7.69. The van der Waals surface area contributed by atoms with Crippen molar-refractivity contribution in [2.24, 2.45) is 0 Å². The number of ether oxygens (including phenoxy) is 2. The van der Waals surface area contributed by atoms with Crippen LogP contribution >= 0.6 is 0 Å². The van der Waals surface area contributed by atoms with Gasteiger partial charge in [-0.05, 0) is 26.3 Å². The molecule has 3 nitrogen and oxygen atoms in total. The van der Waals surface area contributed by atoms with Crippen LogP contribution in [0.4, 0.5) is 21.4 Å². The third-order valence-electron chi connectivity index (χ3n) is 2.47. The van der Waals surface area contributed by atoms with Crippen molar-refractivity contribution in [1.29, 1.82) is 0 Å². The molecule has 2 atom stereocenters. The van der Waals surface area contributed by atoms with Crippen LogP contribution in [0, 0.1) is 0 Å². The number of halogens is 5. The number of hydrogen-bond acceptors (Lipinski definition) is 3. The summed E-state index contributed by atoms with van der Waals surface area (Å²) in [6.45, 7) is 1.41. The van der Waals surface area contributed by atoms with Crippen LogP contribution in [0.2, 0.25) is 0 Å². The Hall–Kier alpha value is -1.03. The van der Waals surface area contributed by atoms with Crippen molar-refractivity contribution < 1.29 is 35.3 Å². The minimum Gasteiger partial charge on any atom is -0.297 e. The molecule has 9 heteroatoms. The quantitative estimate of drug-likeness (QED) is 0.284. The van der Waals surface area contributed by atoms with Gasteiger partial charge in [-0.15, -0.1) is 0 Å². The van der Waals surface area contributed by atoms with E-state index < -0.39 is 39.9 Å². The van der Waals surface area contributed by atoms with Crippen LogP contribution in [-0.2, 0) is 19.9 Å². The first-order chi connectivity index (χ1) is 10.5. The van der Waals surface area contributed by atoms with Crippen molar-refractivity contribution >= 4 is 8.99 Å². The summed E-state index contributed by atoms with van der Waals surface area (Å²) in [7, 11) is -5.67. The van der Waals surface area contributed by atoms with Gasteiger partial charge in [-0.3, -0.25) is 13.9 Å². The standard InChI is InChI=1S/C14H19F5O3Si/c1-11(2)20-14(17,21-13(3,16)10-15)22-23(18,19)9-12-7-5-4-6-8-12/h4-8,11H,9-10H2,1-3H3. The summed E-state index contributed by atoms with van der Waals surface area (Å²) < 4.78 is 81.1. The SMILES string of the molecule is CC(C)OC(F)(OC(C)(F)CF)O[Si](F)(F)Cc1ccccc1. The molecule has 0 aromatic heterocycles. The van der Waals surface area contributed by atoms with Crippen LogP contribution in [0.25, 0.3) is 0 Å². The first-order valence-corrected chi connectivity index (χ1v) is 8.78. The van der Waals surface area contributed by atoms with Crippen LogP contribution < -0.4 is 0 Å². The molecule has 1 aromatic rings. The number of alkyl halides is 3. The van der Waals surface area contributed by atoms with E-state index in [1.165, 1.54) is 38.1 Å². The number of rotatable bonds is 9. The van der Waals surface area contributed by atoms with Gasteiger partial charge in [-0.2, -0.15) is 4.39 Å². The largest absolute Gasteiger partial charge is 0.588 e. The molecule has 0 radical (unpaired) electrons. The molecule has 0 heterocycles. The van der Waals surface area contributed by atoms with Crippen molar-refractivity contribution in [1.82, 2.24) is 0 Å². The summed E-state index contributed by atoms with van der Waals surface area (Å²) in [5.41, 5.74) is 0.213. The Bertz CT molecular complexity index is 487. The van der Waals surface area contributed by atoms with Crippen LogP contribution in [0.3, 0.4) is 0 Å². The second-order valence-corrected chi connectivity index (χ2v) is 7.22. The molecule has 1 aromatic carbocycles. The van der Waals surface area contributed by atoms with Gasteiger partial charge < -0.3 is 0 Å². The van der Waals surface area contributed by atoms with Gasteiger partial charge in [0.15, 0.2) is 0 Å². The van der Waals surface area contributed by atoms with E-state index in [1.807, 2.05) is 0 Å². The lowest BCUT2D eigenvalue weighted by molar-refractivity contribution is -0.475. The topological polar surface area (TPSA) is 27.7 Å². The first kappa shape index (κ1) is 20.0. The molecule has 0 saturated heterocycles. The highest BCUT2D eigenvalue weighted by Gasteiger charge is 2.54. The third kappa shape index (κ3) is 7.38. The van der Waals surface area contributed by atoms with Gasteiger partial charge in [0.25, 0.3) is 0 Å². The second-order valence-electron chi connectivity index (χ2n) is 5.39. The van der Waals surface area contributed by atoms with Gasteiger partial charge >= 0.3 is 15.2 Å². The molecule has 0 saturated carbocycles. The lowest BCUT2D eigenvalue weighted by Gasteiger charge is -2.33. The van der Waals surface area contributed by atoms with E-state index in [0.29, 0.717) is 6.92 Å². The Labute approximate surface area is 132 Å². The van der Waals surface area contributed by atoms with E-state index in [-0.39, 0.29) is 5.56 Å². The average Bonchev–Trinajstić information content (AvgIpc) is 2.36. The third-order valence-corrected chi connectivity index (χ3v) is 3.84. The van der Waals surface area contributed by atoms with E-state index in [4.69, 9.17) is 0 Å². The summed E-state index contributed by atoms with van der Waals surface area (Å²) in [6.07, 6.45) is -4.84. The van der Waals surface area contributed by atoms with E-state index >= 15 is 0 Å². The van der Waals surface area contributed by atoms with Gasteiger partial charge in [0.2, 0.25) is 5.85 Å². The Kier molecular flexibility index (Phi) is 6.69. The van der Waals surface area contributed by atoms with Gasteiger partial charge in [-0.1, -0.05) is 30.3 Å². The van der Waals surface area contributed by atoms with E-state index in [2.05, 4.69) is 13.9 Å². The van der Waals surface area contributed by atoms with Crippen LogP contribution in [0.15, 0.2) is 30.3 Å². The molecule has 0 bridgehead atoms. The summed E-state index contributed by atoms with van der Waals surface area (Å²) in [5, 5.41) is 0. The van der Waals surface area contributed by atoms with Gasteiger partial charge in [-0.25, -0.2) is 17.0 Å². The molecular weight excluding hydrogens is 339 g/mol. The maximum absolute atomic E-state index is 14.4. The number of hydrogen-bond donors (Lipinski definition) is 0. The maximum atomic E-state index is 14.4. The van der Waals surface area contributed by atoms with Crippen molar-refractivity contribution in [3.63, 3.8) is 0 Å². The Morgan fingerprint density at radius 3 is 2.17 bits per heavy atom. The summed E-state index contributed by atoms with van der Waals surface area (Å²) in [6, 6.07) is 6.66. The molecule has 0 aliphatic heterocycles. The smallest absolute Gasteiger partial charge is 0.297 e. The molecule has 0 amide bonds. The monoisotopic (exact) mass is 358 g/mol. The highest BCUT2D eigenvalue weighted by atomic mass is 28.4. The van der Waals surface area contributed by atoms with Crippen LogP contribution in [-0.4, -0.2) is 33.8 Å². The summed E-state index contributed by atoms with van der Waals surface area (Å²) in [4.78, 5) is 0. The average molecular weight is 358 g/mol. The molecular formula is C14H19F5O3Si. The minimum atomic E-state index is -5.67. The molecule has 0 aliphatic carbocycles. The highest BCUT2D eigenvalue weighted by molar-refractivity contribution is 6.58. The molecule has 0 fully saturated rings. The summed E-state index contributed by atoms with van der Waals surface area (Å²) >= 11 is 0. The van der Waals surface area contributed by atoms with Crippen molar-refractivity contribution in [2.75, 3.05) is 6.67 Å². The van der Waals surface area contributed by atoms with Crippen molar-refractivity contribution in [2.45, 2.75) is 45.0 Å². The van der Waals surface area contributed by atoms with Gasteiger partial charge in [0, 0.05) is 0 Å². The number of benzene rings is 1. The van der Waals surface area contributed by atoms with Crippen LogP contribution in [0.1, 0.15) is 26.3 Å². The van der Waals surface area contributed by atoms with E-state index in [9.17, 15) is 21.4 Å². The Balaban J connectivity index is 2.90. The fourth-order valence-electron chi connectivity index (χ4n) is 1.68. The van der Waals surface area contributed by atoms with Gasteiger partial charge in [0.05, 0.1) is 12.1 Å². The molecule has 23 heavy (non-hydrogen) atoms. The van der Waals surface area contributed by atoms with Crippen molar-refractivity contribution in [3.05, 3.63) is 35.9 Å². The lowest BCUT2D eigenvalue weighted by atomic mass is 10.2. The summed E-state index contributed by atoms with van der Waals surface area (Å²) in [5.74, 6) is -3.17. The molecule has 1 rings (SSSR count). The van der Waals surface area contributed by atoms with E-state index in [0.717, 1.165) is 0 Å². The molecule has 132 valence electrons. The fourth-order valence-corrected chi connectivity index (χ4v) is 2.91. The molecule has 0 spiro atoms.